The molecule has 3 heterocycles. The highest BCUT2D eigenvalue weighted by Gasteiger charge is 2.09. The molecule has 0 saturated carbocycles. The Morgan fingerprint density at radius 1 is 1.03 bits per heavy atom. The number of fused-ring (bicyclic) bond motifs is 1. The molecule has 0 radical (unpaired) electrons. The zero-order chi connectivity index (χ0) is 22.5. The summed E-state index contributed by atoms with van der Waals surface area (Å²) in [6, 6.07) is 6.24. The quantitative estimate of drug-likeness (QED) is 0.372. The van der Waals surface area contributed by atoms with Gasteiger partial charge in [-0.05, 0) is 48.7 Å². The fraction of sp³-hybridized carbons (Fsp3) is 0.407. The van der Waals surface area contributed by atoms with Gasteiger partial charge >= 0.3 is 0 Å². The first-order valence-corrected chi connectivity index (χ1v) is 11.2. The lowest BCUT2D eigenvalue weighted by Crippen LogP contribution is -1.96. The monoisotopic (exact) mass is 405 g/mol. The van der Waals surface area contributed by atoms with Crippen LogP contribution in [0.2, 0.25) is 0 Å². The normalized spacial score (nSPS) is 9.93. The number of hydrogen-bond donors (Lipinski definition) is 0. The minimum atomic E-state index is 0.974. The van der Waals surface area contributed by atoms with Gasteiger partial charge in [0.2, 0.25) is 0 Å². The van der Waals surface area contributed by atoms with Gasteiger partial charge in [0.05, 0.1) is 11.7 Å². The molecule has 0 N–H and O–H groups in total. The smallest absolute Gasteiger partial charge is 0.0739 e. The van der Waals surface area contributed by atoms with Crippen LogP contribution in [0.3, 0.4) is 0 Å². The average molecular weight is 406 g/mol. The van der Waals surface area contributed by atoms with Crippen LogP contribution in [0.5, 0.6) is 0 Å². The molecule has 162 valence electrons. The molecule has 0 aromatic carbocycles. The Morgan fingerprint density at radius 2 is 1.70 bits per heavy atom. The van der Waals surface area contributed by atoms with Gasteiger partial charge in [0.1, 0.15) is 0 Å². The van der Waals surface area contributed by atoms with Crippen molar-refractivity contribution in [1.82, 2.24) is 14.6 Å². The van der Waals surface area contributed by atoms with Crippen molar-refractivity contribution in [3.05, 3.63) is 77.9 Å². The van der Waals surface area contributed by atoms with Crippen molar-refractivity contribution in [3.63, 3.8) is 0 Å². The van der Waals surface area contributed by atoms with Crippen LogP contribution in [-0.2, 0) is 0 Å². The Labute approximate surface area is 183 Å². The molecule has 0 aliphatic heterocycles. The predicted molar refractivity (Wildman–Crippen MR) is 133 cm³/mol. The van der Waals surface area contributed by atoms with Crippen molar-refractivity contribution < 1.29 is 0 Å². The first-order chi connectivity index (χ1) is 14.5. The molecule has 3 rings (SSSR count). The van der Waals surface area contributed by atoms with Gasteiger partial charge in [-0.1, -0.05) is 79.0 Å². The standard InChI is InChI=1S/C18H17N3.C7H16.C2H6/c1-5-15-11-20-21-7-6-16(9-18(15)21)13(3)17-8-12(2)10-19-14(17)4;1-3-5-7-6-4-2;1-2/h5-11H,1,3H2,2,4H3;3-7H2,1-2H3;1-2H3. The summed E-state index contributed by atoms with van der Waals surface area (Å²) in [5.41, 5.74) is 7.30. The van der Waals surface area contributed by atoms with Crippen molar-refractivity contribution in [3.8, 4) is 0 Å². The van der Waals surface area contributed by atoms with E-state index in [1.165, 1.54) is 32.1 Å². The minimum Gasteiger partial charge on any atom is -0.261 e. The van der Waals surface area contributed by atoms with Crippen molar-refractivity contribution in [2.75, 3.05) is 0 Å². The van der Waals surface area contributed by atoms with E-state index in [4.69, 9.17) is 0 Å². The average Bonchev–Trinajstić information content (AvgIpc) is 3.19. The maximum atomic E-state index is 4.42. The molecule has 0 saturated heterocycles. The summed E-state index contributed by atoms with van der Waals surface area (Å²) in [4.78, 5) is 4.42. The summed E-state index contributed by atoms with van der Waals surface area (Å²) in [6.45, 7) is 20.6. The fourth-order valence-corrected chi connectivity index (χ4v) is 3.12. The number of aromatic nitrogens is 3. The van der Waals surface area contributed by atoms with E-state index in [-0.39, 0.29) is 0 Å². The molecule has 0 atom stereocenters. The highest BCUT2D eigenvalue weighted by atomic mass is 15.2. The third kappa shape index (κ3) is 6.98. The minimum absolute atomic E-state index is 0.974. The van der Waals surface area contributed by atoms with Crippen LogP contribution in [0.4, 0.5) is 0 Å². The molecule has 0 spiro atoms. The zero-order valence-electron chi connectivity index (χ0n) is 19.8. The Hall–Kier alpha value is -2.68. The van der Waals surface area contributed by atoms with Crippen LogP contribution in [-0.4, -0.2) is 14.6 Å². The van der Waals surface area contributed by atoms with Gasteiger partial charge in [-0.15, -0.1) is 0 Å². The van der Waals surface area contributed by atoms with E-state index < -0.39 is 0 Å². The zero-order valence-corrected chi connectivity index (χ0v) is 19.8. The summed E-state index contributed by atoms with van der Waals surface area (Å²) in [5.74, 6) is 0. The summed E-state index contributed by atoms with van der Waals surface area (Å²) in [7, 11) is 0. The number of unbranched alkanes of at least 4 members (excludes halogenated alkanes) is 4. The van der Waals surface area contributed by atoms with E-state index in [0.717, 1.165) is 39.0 Å². The molecule has 3 heteroatoms. The molecule has 0 unspecified atom stereocenters. The van der Waals surface area contributed by atoms with Crippen LogP contribution in [0.25, 0.3) is 17.2 Å². The molecule has 0 aliphatic rings. The molecule has 3 aromatic rings. The fourth-order valence-electron chi connectivity index (χ4n) is 3.12. The Morgan fingerprint density at radius 3 is 2.30 bits per heavy atom. The van der Waals surface area contributed by atoms with Gasteiger partial charge in [0.25, 0.3) is 0 Å². The molecule has 0 aliphatic carbocycles. The number of rotatable bonds is 7. The maximum Gasteiger partial charge on any atom is 0.0739 e. The Bertz CT molecular complexity index is 930. The van der Waals surface area contributed by atoms with Crippen LogP contribution in [0, 0.1) is 13.8 Å². The lowest BCUT2D eigenvalue weighted by atomic mass is 9.97. The topological polar surface area (TPSA) is 30.2 Å². The third-order valence-corrected chi connectivity index (χ3v) is 4.88. The van der Waals surface area contributed by atoms with Gasteiger partial charge in [-0.2, -0.15) is 5.10 Å². The lowest BCUT2D eigenvalue weighted by molar-refractivity contribution is 0.656. The summed E-state index contributed by atoms with van der Waals surface area (Å²) in [5, 5.41) is 4.30. The largest absolute Gasteiger partial charge is 0.261 e. The van der Waals surface area contributed by atoms with Crippen molar-refractivity contribution in [2.24, 2.45) is 0 Å². The number of pyridine rings is 2. The highest BCUT2D eigenvalue weighted by Crippen LogP contribution is 2.26. The van der Waals surface area contributed by atoms with Gasteiger partial charge in [0.15, 0.2) is 0 Å². The molecule has 3 aromatic heterocycles. The molecule has 30 heavy (non-hydrogen) atoms. The number of hydrogen-bond acceptors (Lipinski definition) is 2. The van der Waals surface area contributed by atoms with Crippen LogP contribution >= 0.6 is 0 Å². The summed E-state index contributed by atoms with van der Waals surface area (Å²) in [6.07, 6.45) is 14.5. The van der Waals surface area contributed by atoms with Gasteiger partial charge < -0.3 is 0 Å². The number of aryl methyl sites for hydroxylation is 2. The second-order valence-electron chi connectivity index (χ2n) is 7.23. The van der Waals surface area contributed by atoms with E-state index in [9.17, 15) is 0 Å². The van der Waals surface area contributed by atoms with Crippen LogP contribution in [0.15, 0.2) is 49.9 Å². The van der Waals surface area contributed by atoms with E-state index in [0.29, 0.717) is 0 Å². The number of nitrogens with zero attached hydrogens (tertiary/aromatic N) is 3. The van der Waals surface area contributed by atoms with Gasteiger partial charge in [0, 0.05) is 29.2 Å². The van der Waals surface area contributed by atoms with Gasteiger partial charge in [-0.25, -0.2) is 4.52 Å². The first-order valence-electron chi connectivity index (χ1n) is 11.2. The molecule has 3 nitrogen and oxygen atoms in total. The molecular weight excluding hydrogens is 366 g/mol. The third-order valence-electron chi connectivity index (χ3n) is 4.88. The van der Waals surface area contributed by atoms with E-state index in [1.54, 1.807) is 0 Å². The second-order valence-corrected chi connectivity index (χ2v) is 7.23. The molecule has 0 amide bonds. The Kier molecular flexibility index (Phi) is 11.4. The SMILES string of the molecule is C=Cc1cnn2ccc(C(=C)c3cc(C)cnc3C)cc12.CC.CCCCCCC. The second kappa shape index (κ2) is 13.5. The summed E-state index contributed by atoms with van der Waals surface area (Å²) < 4.78 is 1.84. The van der Waals surface area contributed by atoms with E-state index in [2.05, 4.69) is 49.2 Å². The summed E-state index contributed by atoms with van der Waals surface area (Å²) >= 11 is 0. The maximum absolute atomic E-state index is 4.42. The first kappa shape index (κ1) is 25.4. The molecule has 0 bridgehead atoms. The van der Waals surface area contributed by atoms with Crippen molar-refractivity contribution in [2.45, 2.75) is 73.6 Å². The van der Waals surface area contributed by atoms with E-state index >= 15 is 0 Å². The van der Waals surface area contributed by atoms with Crippen molar-refractivity contribution in [1.29, 1.82) is 0 Å². The molecule has 0 fully saturated rings. The van der Waals surface area contributed by atoms with Crippen LogP contribution < -0.4 is 0 Å². The molecular formula is C27H39N3. The Balaban J connectivity index is 0.000000428. The predicted octanol–water partition coefficient (Wildman–Crippen LogP) is 8.05. The van der Waals surface area contributed by atoms with Gasteiger partial charge in [-0.3, -0.25) is 4.98 Å². The van der Waals surface area contributed by atoms with Crippen LogP contribution in [0.1, 0.15) is 87.7 Å². The lowest BCUT2D eigenvalue weighted by Gasteiger charge is -2.10. The van der Waals surface area contributed by atoms with Crippen molar-refractivity contribution >= 4 is 17.2 Å². The highest BCUT2D eigenvalue weighted by molar-refractivity contribution is 5.82. The van der Waals surface area contributed by atoms with E-state index in [1.807, 2.05) is 62.9 Å².